The van der Waals surface area contributed by atoms with Gasteiger partial charge in [0.1, 0.15) is 0 Å². The summed E-state index contributed by atoms with van der Waals surface area (Å²) in [6.45, 7) is 4.62. The molecule has 0 saturated carbocycles. The monoisotopic (exact) mass is 276 g/mol. The summed E-state index contributed by atoms with van der Waals surface area (Å²) in [4.78, 5) is 12.0. The maximum Gasteiger partial charge on any atom is 0.251 e. The number of hydrogen-bond donors (Lipinski definition) is 2. The lowest BCUT2D eigenvalue weighted by atomic mass is 10.1. The Morgan fingerprint density at radius 3 is 2.75 bits per heavy atom. The highest BCUT2D eigenvalue weighted by Crippen LogP contribution is 2.14. The molecule has 0 aromatic heterocycles. The van der Waals surface area contributed by atoms with Gasteiger partial charge >= 0.3 is 0 Å². The fourth-order valence-electron chi connectivity index (χ4n) is 2.33. The molecule has 1 amide bonds. The van der Waals surface area contributed by atoms with Crippen LogP contribution in [0.1, 0.15) is 43.0 Å². The van der Waals surface area contributed by atoms with Gasteiger partial charge in [0.25, 0.3) is 5.91 Å². The van der Waals surface area contributed by atoms with Gasteiger partial charge in [-0.1, -0.05) is 6.92 Å². The maximum atomic E-state index is 12.0. The molecule has 0 radical (unpaired) electrons. The highest BCUT2D eigenvalue weighted by Gasteiger charge is 2.15. The van der Waals surface area contributed by atoms with Gasteiger partial charge in [0.2, 0.25) is 0 Å². The van der Waals surface area contributed by atoms with Crippen LogP contribution in [0.2, 0.25) is 0 Å². The van der Waals surface area contributed by atoms with E-state index >= 15 is 0 Å². The Hall–Kier alpha value is -1.55. The Bertz CT molecular complexity index is 411. The molecule has 1 aliphatic heterocycles. The fourth-order valence-corrected chi connectivity index (χ4v) is 2.33. The molecule has 2 N–H and O–H groups in total. The van der Waals surface area contributed by atoms with E-state index in [0.717, 1.165) is 44.5 Å². The van der Waals surface area contributed by atoms with Crippen LogP contribution in [-0.4, -0.2) is 31.7 Å². The first kappa shape index (κ1) is 14.9. The second-order valence-corrected chi connectivity index (χ2v) is 5.18. The highest BCUT2D eigenvalue weighted by molar-refractivity contribution is 5.94. The van der Waals surface area contributed by atoms with Crippen molar-refractivity contribution >= 4 is 11.6 Å². The number of nitrogens with one attached hydrogen (secondary N) is 2. The zero-order valence-electron chi connectivity index (χ0n) is 12.2. The molecule has 1 unspecified atom stereocenters. The zero-order chi connectivity index (χ0) is 14.2. The number of carbonyl (C=O) groups excluding carboxylic acids is 1. The zero-order valence-corrected chi connectivity index (χ0v) is 12.2. The Balaban J connectivity index is 1.73. The lowest BCUT2D eigenvalue weighted by Crippen LogP contribution is -2.27. The second kappa shape index (κ2) is 7.90. The molecule has 2 rings (SSSR count). The van der Waals surface area contributed by atoms with Crippen molar-refractivity contribution in [2.45, 2.75) is 38.7 Å². The Labute approximate surface area is 120 Å². The summed E-state index contributed by atoms with van der Waals surface area (Å²) in [7, 11) is 0. The molecule has 1 saturated heterocycles. The lowest BCUT2D eigenvalue weighted by molar-refractivity contribution is 0.0907. The SMILES string of the molecule is CCCNc1ccc(C(=O)NCCC2CCCO2)cc1. The van der Waals surface area contributed by atoms with Crippen molar-refractivity contribution in [3.63, 3.8) is 0 Å². The van der Waals surface area contributed by atoms with Gasteiger partial charge in [-0.25, -0.2) is 0 Å². The number of anilines is 1. The minimum absolute atomic E-state index is 0.00922. The number of carbonyl (C=O) groups is 1. The van der Waals surface area contributed by atoms with E-state index in [1.54, 1.807) is 0 Å². The van der Waals surface area contributed by atoms with Crippen LogP contribution in [0.5, 0.6) is 0 Å². The third kappa shape index (κ3) is 4.53. The Morgan fingerprint density at radius 2 is 2.10 bits per heavy atom. The van der Waals surface area contributed by atoms with Crippen molar-refractivity contribution in [2.24, 2.45) is 0 Å². The van der Waals surface area contributed by atoms with Crippen LogP contribution in [0.25, 0.3) is 0 Å². The van der Waals surface area contributed by atoms with Crippen LogP contribution in [0.15, 0.2) is 24.3 Å². The van der Waals surface area contributed by atoms with Crippen molar-refractivity contribution in [3.8, 4) is 0 Å². The average molecular weight is 276 g/mol. The molecule has 4 heteroatoms. The van der Waals surface area contributed by atoms with Gasteiger partial charge in [-0.15, -0.1) is 0 Å². The Morgan fingerprint density at radius 1 is 1.30 bits per heavy atom. The van der Waals surface area contributed by atoms with E-state index in [9.17, 15) is 4.79 Å². The predicted octanol–water partition coefficient (Wildman–Crippen LogP) is 2.81. The van der Waals surface area contributed by atoms with Crippen molar-refractivity contribution in [3.05, 3.63) is 29.8 Å². The van der Waals surface area contributed by atoms with Crippen LogP contribution in [0.4, 0.5) is 5.69 Å². The van der Waals surface area contributed by atoms with Gasteiger partial charge in [-0.05, 0) is 49.9 Å². The van der Waals surface area contributed by atoms with Crippen molar-refractivity contribution in [1.82, 2.24) is 5.32 Å². The number of amides is 1. The van der Waals surface area contributed by atoms with Gasteiger partial charge in [0.05, 0.1) is 6.10 Å². The maximum absolute atomic E-state index is 12.0. The molecule has 1 fully saturated rings. The number of ether oxygens (including phenoxy) is 1. The average Bonchev–Trinajstić information content (AvgIpc) is 2.99. The van der Waals surface area contributed by atoms with E-state index < -0.39 is 0 Å². The summed E-state index contributed by atoms with van der Waals surface area (Å²) in [5, 5.41) is 6.24. The molecule has 110 valence electrons. The second-order valence-electron chi connectivity index (χ2n) is 5.18. The van der Waals surface area contributed by atoms with Gasteiger partial charge in [-0.3, -0.25) is 4.79 Å². The van der Waals surface area contributed by atoms with Crippen LogP contribution < -0.4 is 10.6 Å². The third-order valence-corrected chi connectivity index (χ3v) is 3.50. The third-order valence-electron chi connectivity index (χ3n) is 3.50. The minimum Gasteiger partial charge on any atom is -0.385 e. The molecular formula is C16H24N2O2. The van der Waals surface area contributed by atoms with Crippen LogP contribution in [0.3, 0.4) is 0 Å². The van der Waals surface area contributed by atoms with E-state index in [0.29, 0.717) is 18.2 Å². The summed E-state index contributed by atoms with van der Waals surface area (Å²) in [6.07, 6.45) is 4.59. The largest absolute Gasteiger partial charge is 0.385 e. The fraction of sp³-hybridized carbons (Fsp3) is 0.562. The molecule has 1 aromatic carbocycles. The smallest absolute Gasteiger partial charge is 0.251 e. The molecule has 20 heavy (non-hydrogen) atoms. The summed E-state index contributed by atoms with van der Waals surface area (Å²) in [6, 6.07) is 7.62. The normalized spacial score (nSPS) is 17.9. The summed E-state index contributed by atoms with van der Waals surface area (Å²) in [5.74, 6) is -0.00922. The molecule has 0 spiro atoms. The first-order valence-electron chi connectivity index (χ1n) is 7.53. The van der Waals surface area contributed by atoms with E-state index in [2.05, 4.69) is 17.6 Å². The molecule has 1 aliphatic rings. The van der Waals surface area contributed by atoms with Gasteiger partial charge in [-0.2, -0.15) is 0 Å². The summed E-state index contributed by atoms with van der Waals surface area (Å²) < 4.78 is 5.53. The van der Waals surface area contributed by atoms with Gasteiger partial charge < -0.3 is 15.4 Å². The molecule has 4 nitrogen and oxygen atoms in total. The topological polar surface area (TPSA) is 50.4 Å². The first-order valence-corrected chi connectivity index (χ1v) is 7.53. The predicted molar refractivity (Wildman–Crippen MR) is 81.1 cm³/mol. The molecular weight excluding hydrogens is 252 g/mol. The van der Waals surface area contributed by atoms with Gasteiger partial charge in [0, 0.05) is 30.9 Å². The van der Waals surface area contributed by atoms with Crippen molar-refractivity contribution in [2.75, 3.05) is 25.0 Å². The van der Waals surface area contributed by atoms with Crippen molar-refractivity contribution in [1.29, 1.82) is 0 Å². The molecule has 1 atom stereocenters. The highest BCUT2D eigenvalue weighted by atomic mass is 16.5. The number of hydrogen-bond acceptors (Lipinski definition) is 3. The first-order chi connectivity index (χ1) is 9.79. The van der Waals surface area contributed by atoms with E-state index in [1.807, 2.05) is 24.3 Å². The number of benzene rings is 1. The van der Waals surface area contributed by atoms with Gasteiger partial charge in [0.15, 0.2) is 0 Å². The van der Waals surface area contributed by atoms with E-state index in [1.165, 1.54) is 0 Å². The summed E-state index contributed by atoms with van der Waals surface area (Å²) >= 11 is 0. The van der Waals surface area contributed by atoms with Crippen LogP contribution in [-0.2, 0) is 4.74 Å². The lowest BCUT2D eigenvalue weighted by Gasteiger charge is -2.10. The minimum atomic E-state index is -0.00922. The molecule has 0 aliphatic carbocycles. The quantitative estimate of drug-likeness (QED) is 0.805. The molecule has 1 aromatic rings. The Kier molecular flexibility index (Phi) is 5.87. The van der Waals surface area contributed by atoms with Crippen molar-refractivity contribution < 1.29 is 9.53 Å². The van der Waals surface area contributed by atoms with E-state index in [4.69, 9.17) is 4.74 Å². The molecule has 0 bridgehead atoms. The van der Waals surface area contributed by atoms with Crippen LogP contribution >= 0.6 is 0 Å². The standard InChI is InChI=1S/C16H24N2O2/c1-2-10-17-14-7-5-13(6-8-14)16(19)18-11-9-15-4-3-12-20-15/h5-8,15,17H,2-4,9-12H2,1H3,(H,18,19). The molecule has 1 heterocycles. The van der Waals surface area contributed by atoms with Crippen LogP contribution in [0, 0.1) is 0 Å². The summed E-state index contributed by atoms with van der Waals surface area (Å²) in [5.41, 5.74) is 1.77. The number of rotatable bonds is 7. The van der Waals surface area contributed by atoms with E-state index in [-0.39, 0.29) is 5.91 Å².